The Hall–Kier alpha value is -2.42. The van der Waals surface area contributed by atoms with Crippen molar-refractivity contribution < 1.29 is 23.2 Å². The van der Waals surface area contributed by atoms with Crippen LogP contribution in [0.4, 0.5) is 0 Å². The lowest BCUT2D eigenvalue weighted by atomic mass is 9.91. The maximum Gasteiger partial charge on any atom is 0.175 e. The van der Waals surface area contributed by atoms with Gasteiger partial charge in [0, 0.05) is 30.0 Å². The predicted molar refractivity (Wildman–Crippen MR) is 116 cm³/mol. The van der Waals surface area contributed by atoms with E-state index in [0.29, 0.717) is 11.4 Å². The molecule has 0 unspecified atom stereocenters. The highest BCUT2D eigenvalue weighted by atomic mass is 35.5. The van der Waals surface area contributed by atoms with Crippen molar-refractivity contribution in [3.63, 3.8) is 0 Å². The van der Waals surface area contributed by atoms with E-state index in [0.717, 1.165) is 17.4 Å². The molecule has 0 saturated heterocycles. The molecule has 2 aromatic rings. The van der Waals surface area contributed by atoms with Crippen molar-refractivity contribution >= 4 is 33.1 Å². The molecule has 0 aliphatic heterocycles. The number of ketones is 1. The minimum absolute atomic E-state index is 0.00476. The summed E-state index contributed by atoms with van der Waals surface area (Å²) in [5.41, 5.74) is 7.70. The summed E-state index contributed by atoms with van der Waals surface area (Å²) in [6, 6.07) is 13.5. The number of nitrogens with zero attached hydrogens (tertiary/aromatic N) is 1. The van der Waals surface area contributed by atoms with E-state index in [2.05, 4.69) is 5.16 Å². The molecule has 0 aliphatic rings. The number of amidine groups is 1. The molecule has 0 bridgehead atoms. The van der Waals surface area contributed by atoms with Gasteiger partial charge in [0.25, 0.3) is 0 Å². The van der Waals surface area contributed by atoms with Crippen molar-refractivity contribution in [2.75, 3.05) is 19.5 Å². The van der Waals surface area contributed by atoms with E-state index in [4.69, 9.17) is 27.3 Å². The van der Waals surface area contributed by atoms with Crippen molar-refractivity contribution in [1.82, 2.24) is 0 Å². The standard InChI is InChI=1S/C21H25ClN2O5S/c1-30(27,28)20-8-4-15(5-9-20)12-17(21(23)24-29-11-10-25)14-19(26)13-16-2-6-18(22)7-3-16/h2-9,17,25H,10-14H2,1H3,(H2,23,24)/t17-/m1/s1. The van der Waals surface area contributed by atoms with Crippen LogP contribution in [0.25, 0.3) is 0 Å². The maximum absolute atomic E-state index is 12.6. The van der Waals surface area contributed by atoms with E-state index < -0.39 is 15.8 Å². The zero-order valence-electron chi connectivity index (χ0n) is 16.6. The van der Waals surface area contributed by atoms with Crippen molar-refractivity contribution in [3.05, 3.63) is 64.7 Å². The first kappa shape index (κ1) is 23.9. The lowest BCUT2D eigenvalue weighted by Crippen LogP contribution is -2.29. The molecule has 0 aliphatic carbocycles. The molecule has 2 rings (SSSR count). The number of oxime groups is 1. The van der Waals surface area contributed by atoms with Crippen molar-refractivity contribution in [1.29, 1.82) is 0 Å². The maximum atomic E-state index is 12.6. The van der Waals surface area contributed by atoms with Crippen LogP contribution in [0.2, 0.25) is 5.02 Å². The smallest absolute Gasteiger partial charge is 0.175 e. The minimum atomic E-state index is -3.29. The van der Waals surface area contributed by atoms with Crippen LogP contribution in [0.15, 0.2) is 58.6 Å². The first-order valence-electron chi connectivity index (χ1n) is 9.30. The predicted octanol–water partition coefficient (Wildman–Crippen LogP) is 2.39. The molecule has 2 aromatic carbocycles. The van der Waals surface area contributed by atoms with Gasteiger partial charge in [0.1, 0.15) is 18.2 Å². The van der Waals surface area contributed by atoms with Gasteiger partial charge in [0.15, 0.2) is 9.84 Å². The fourth-order valence-corrected chi connectivity index (χ4v) is 3.61. The summed E-state index contributed by atoms with van der Waals surface area (Å²) in [5.74, 6) is -0.331. The molecule has 9 heteroatoms. The Morgan fingerprint density at radius 3 is 2.30 bits per heavy atom. The average Bonchev–Trinajstić information content (AvgIpc) is 2.69. The van der Waals surface area contributed by atoms with Gasteiger partial charge in [0.05, 0.1) is 11.5 Å². The highest BCUT2D eigenvalue weighted by Crippen LogP contribution is 2.18. The molecule has 3 N–H and O–H groups in total. The summed E-state index contributed by atoms with van der Waals surface area (Å²) in [4.78, 5) is 17.8. The second-order valence-electron chi connectivity index (χ2n) is 6.94. The Balaban J connectivity index is 2.14. The van der Waals surface area contributed by atoms with E-state index in [1.807, 2.05) is 0 Å². The van der Waals surface area contributed by atoms with Crippen LogP contribution in [0.5, 0.6) is 0 Å². The highest BCUT2D eigenvalue weighted by molar-refractivity contribution is 7.90. The van der Waals surface area contributed by atoms with Crippen LogP contribution in [0.3, 0.4) is 0 Å². The Kier molecular flexibility index (Phi) is 8.83. The van der Waals surface area contributed by atoms with Crippen molar-refractivity contribution in [2.24, 2.45) is 16.8 Å². The first-order chi connectivity index (χ1) is 14.2. The molecule has 0 radical (unpaired) electrons. The van der Waals surface area contributed by atoms with Gasteiger partial charge in [-0.2, -0.15) is 0 Å². The third-order valence-electron chi connectivity index (χ3n) is 4.39. The number of rotatable bonds is 11. The number of benzene rings is 2. The van der Waals surface area contributed by atoms with Crippen LogP contribution < -0.4 is 5.73 Å². The van der Waals surface area contributed by atoms with Gasteiger partial charge in [-0.05, 0) is 41.8 Å². The Morgan fingerprint density at radius 1 is 1.13 bits per heavy atom. The summed E-state index contributed by atoms with van der Waals surface area (Å²) in [6.45, 7) is -0.209. The SMILES string of the molecule is CS(=O)(=O)c1ccc(C[C@H](CC(=O)Cc2ccc(Cl)cc2)/C(N)=N/OCCO)cc1. The number of carbonyl (C=O) groups is 1. The zero-order chi connectivity index (χ0) is 22.1. The Bertz CT molecular complexity index is 973. The molecular formula is C21H25ClN2O5S. The quantitative estimate of drug-likeness (QED) is 0.234. The first-order valence-corrected chi connectivity index (χ1v) is 11.6. The van der Waals surface area contributed by atoms with Gasteiger partial charge in [-0.3, -0.25) is 4.79 Å². The summed E-state index contributed by atoms with van der Waals surface area (Å²) in [5, 5.41) is 13.2. The molecule has 0 fully saturated rings. The number of halogens is 1. The lowest BCUT2D eigenvalue weighted by Gasteiger charge is -2.16. The van der Waals surface area contributed by atoms with E-state index in [9.17, 15) is 13.2 Å². The number of nitrogens with two attached hydrogens (primary N) is 1. The van der Waals surface area contributed by atoms with Crippen LogP contribution in [0, 0.1) is 5.92 Å². The summed E-state index contributed by atoms with van der Waals surface area (Å²) in [7, 11) is -3.29. The molecule has 0 heterocycles. The van der Waals surface area contributed by atoms with Gasteiger partial charge in [-0.25, -0.2) is 8.42 Å². The van der Waals surface area contributed by atoms with Crippen molar-refractivity contribution in [2.45, 2.75) is 24.2 Å². The molecular weight excluding hydrogens is 428 g/mol. The molecule has 0 amide bonds. The van der Waals surface area contributed by atoms with Crippen molar-refractivity contribution in [3.8, 4) is 0 Å². The molecule has 0 spiro atoms. The van der Waals surface area contributed by atoms with E-state index in [1.165, 1.54) is 12.1 Å². The summed E-state index contributed by atoms with van der Waals surface area (Å²) >= 11 is 5.88. The second kappa shape index (κ2) is 11.1. The Morgan fingerprint density at radius 2 is 1.73 bits per heavy atom. The largest absolute Gasteiger partial charge is 0.393 e. The second-order valence-corrected chi connectivity index (χ2v) is 9.39. The van der Waals surface area contributed by atoms with Crippen LogP contribution >= 0.6 is 11.6 Å². The van der Waals surface area contributed by atoms with Gasteiger partial charge in [0.2, 0.25) is 0 Å². The van der Waals surface area contributed by atoms with Gasteiger partial charge >= 0.3 is 0 Å². The number of carbonyl (C=O) groups excluding carboxylic acids is 1. The molecule has 30 heavy (non-hydrogen) atoms. The number of hydrogen-bond acceptors (Lipinski definition) is 6. The van der Waals surface area contributed by atoms with Crippen LogP contribution in [-0.4, -0.2) is 44.6 Å². The average molecular weight is 453 g/mol. The van der Waals surface area contributed by atoms with Crippen LogP contribution in [0.1, 0.15) is 17.5 Å². The topological polar surface area (TPSA) is 119 Å². The number of Topliss-reactive ketones (excluding diaryl/α,β-unsaturated/α-hetero) is 1. The van der Waals surface area contributed by atoms with E-state index in [1.54, 1.807) is 36.4 Å². The third kappa shape index (κ3) is 7.78. The van der Waals surface area contributed by atoms with E-state index >= 15 is 0 Å². The molecule has 7 nitrogen and oxygen atoms in total. The van der Waals surface area contributed by atoms with Crippen LogP contribution in [-0.2, 0) is 32.3 Å². The molecule has 0 saturated carbocycles. The normalized spacial score (nSPS) is 13.1. The number of aliphatic hydroxyl groups excluding tert-OH is 1. The summed E-state index contributed by atoms with van der Waals surface area (Å²) < 4.78 is 23.3. The molecule has 0 aromatic heterocycles. The third-order valence-corrected chi connectivity index (χ3v) is 5.77. The summed E-state index contributed by atoms with van der Waals surface area (Å²) in [6.07, 6.45) is 1.89. The highest BCUT2D eigenvalue weighted by Gasteiger charge is 2.20. The lowest BCUT2D eigenvalue weighted by molar-refractivity contribution is -0.118. The molecule has 1 atom stereocenters. The fraction of sp³-hybridized carbons (Fsp3) is 0.333. The monoisotopic (exact) mass is 452 g/mol. The van der Waals surface area contributed by atoms with Gasteiger partial charge < -0.3 is 15.7 Å². The number of aliphatic hydroxyl groups is 1. The van der Waals surface area contributed by atoms with E-state index in [-0.39, 0.29) is 42.6 Å². The zero-order valence-corrected chi connectivity index (χ0v) is 18.2. The van der Waals surface area contributed by atoms with Gasteiger partial charge in [-0.1, -0.05) is 41.0 Å². The van der Waals surface area contributed by atoms with Gasteiger partial charge in [-0.15, -0.1) is 0 Å². The number of sulfone groups is 1. The fourth-order valence-electron chi connectivity index (χ4n) is 2.85. The number of hydrogen-bond donors (Lipinski definition) is 2. The minimum Gasteiger partial charge on any atom is -0.393 e. The Labute approximate surface area is 181 Å². The molecule has 162 valence electrons.